The normalized spacial score (nSPS) is 13.5. The highest BCUT2D eigenvalue weighted by atomic mass is 32.2. The van der Waals surface area contributed by atoms with Crippen LogP contribution in [0.5, 0.6) is 5.75 Å². The smallest absolute Gasteiger partial charge is 0.233 e. The predicted molar refractivity (Wildman–Crippen MR) is 102 cm³/mol. The van der Waals surface area contributed by atoms with Crippen LogP contribution < -0.4 is 0 Å². The van der Waals surface area contributed by atoms with Crippen molar-refractivity contribution in [2.75, 3.05) is 5.75 Å². The van der Waals surface area contributed by atoms with Gasteiger partial charge in [-0.3, -0.25) is 4.79 Å². The molecule has 0 radical (unpaired) electrons. The lowest BCUT2D eigenvalue weighted by Crippen LogP contribution is -2.34. The van der Waals surface area contributed by atoms with Gasteiger partial charge in [-0.15, -0.1) is 5.10 Å². The maximum atomic E-state index is 14.0. The molecule has 1 fully saturated rings. The molecule has 0 bridgehead atoms. The molecular weight excluding hydrogens is 381 g/mol. The first-order valence-electron chi connectivity index (χ1n) is 8.85. The summed E-state index contributed by atoms with van der Waals surface area (Å²) in [5.74, 6) is -0.0704. The fourth-order valence-corrected chi connectivity index (χ4v) is 3.63. The Bertz CT molecular complexity index is 974. The zero-order chi connectivity index (χ0) is 19.5. The van der Waals surface area contributed by atoms with E-state index in [4.69, 9.17) is 0 Å². The fourth-order valence-electron chi connectivity index (χ4n) is 2.85. The zero-order valence-electron chi connectivity index (χ0n) is 14.9. The number of tetrazole rings is 1. The average Bonchev–Trinajstić information content (AvgIpc) is 3.43. The van der Waals surface area contributed by atoms with Crippen LogP contribution in [0.4, 0.5) is 4.39 Å². The summed E-state index contributed by atoms with van der Waals surface area (Å²) in [6.07, 6.45) is 1.88. The molecule has 1 saturated carbocycles. The van der Waals surface area contributed by atoms with Gasteiger partial charge in [0.05, 0.1) is 11.4 Å². The van der Waals surface area contributed by atoms with Crippen LogP contribution in [0.3, 0.4) is 0 Å². The van der Waals surface area contributed by atoms with E-state index >= 15 is 0 Å². The van der Waals surface area contributed by atoms with Crippen LogP contribution in [-0.4, -0.2) is 47.9 Å². The predicted octanol–water partition coefficient (Wildman–Crippen LogP) is 2.79. The van der Waals surface area contributed by atoms with Gasteiger partial charge in [-0.25, -0.2) is 4.39 Å². The first kappa shape index (κ1) is 18.4. The molecule has 0 atom stereocenters. The van der Waals surface area contributed by atoms with E-state index in [1.165, 1.54) is 22.5 Å². The lowest BCUT2D eigenvalue weighted by molar-refractivity contribution is -0.129. The van der Waals surface area contributed by atoms with E-state index < -0.39 is 0 Å². The van der Waals surface area contributed by atoms with Crippen molar-refractivity contribution >= 4 is 17.7 Å². The van der Waals surface area contributed by atoms with Gasteiger partial charge in [0, 0.05) is 18.2 Å². The highest BCUT2D eigenvalue weighted by Crippen LogP contribution is 2.30. The zero-order valence-corrected chi connectivity index (χ0v) is 15.7. The monoisotopic (exact) mass is 399 g/mol. The van der Waals surface area contributed by atoms with Crippen LogP contribution in [0, 0.1) is 5.82 Å². The number of benzene rings is 2. The Balaban J connectivity index is 1.44. The van der Waals surface area contributed by atoms with Crippen LogP contribution in [0.15, 0.2) is 53.7 Å². The number of phenols is 1. The first-order valence-corrected chi connectivity index (χ1v) is 9.84. The Kier molecular flexibility index (Phi) is 5.25. The van der Waals surface area contributed by atoms with E-state index in [0.717, 1.165) is 12.8 Å². The van der Waals surface area contributed by atoms with E-state index in [0.29, 0.717) is 16.4 Å². The molecule has 7 nitrogen and oxygen atoms in total. The topological polar surface area (TPSA) is 84.1 Å². The molecule has 1 N–H and O–H groups in total. The molecule has 1 aromatic heterocycles. The van der Waals surface area contributed by atoms with Gasteiger partial charge < -0.3 is 10.0 Å². The van der Waals surface area contributed by atoms with Crippen LogP contribution in [0.1, 0.15) is 18.4 Å². The van der Waals surface area contributed by atoms with E-state index in [1.54, 1.807) is 47.4 Å². The maximum Gasteiger partial charge on any atom is 0.233 e. The Hall–Kier alpha value is -2.94. The molecule has 1 heterocycles. The van der Waals surface area contributed by atoms with Crippen molar-refractivity contribution < 1.29 is 14.3 Å². The molecule has 0 aliphatic heterocycles. The van der Waals surface area contributed by atoms with Gasteiger partial charge in [0.2, 0.25) is 11.1 Å². The minimum absolute atomic E-state index is 0.0731. The van der Waals surface area contributed by atoms with Gasteiger partial charge >= 0.3 is 0 Å². The number of carbonyl (C=O) groups is 1. The van der Waals surface area contributed by atoms with Gasteiger partial charge in [-0.2, -0.15) is 4.68 Å². The maximum absolute atomic E-state index is 14.0. The number of aromatic hydroxyl groups is 1. The highest BCUT2D eigenvalue weighted by Gasteiger charge is 2.33. The summed E-state index contributed by atoms with van der Waals surface area (Å²) in [4.78, 5) is 14.5. The number of amides is 1. The second-order valence-corrected chi connectivity index (χ2v) is 7.47. The summed E-state index contributed by atoms with van der Waals surface area (Å²) in [5.41, 5.74) is 1.20. The Morgan fingerprint density at radius 3 is 2.68 bits per heavy atom. The Morgan fingerprint density at radius 1 is 1.21 bits per heavy atom. The molecule has 144 valence electrons. The summed E-state index contributed by atoms with van der Waals surface area (Å²) in [6, 6.07) is 13.1. The Labute approximate surface area is 165 Å². The minimum atomic E-state index is -0.301. The van der Waals surface area contributed by atoms with E-state index in [-0.39, 0.29) is 35.8 Å². The summed E-state index contributed by atoms with van der Waals surface area (Å²) >= 11 is 1.23. The summed E-state index contributed by atoms with van der Waals surface area (Å²) in [7, 11) is 0. The van der Waals surface area contributed by atoms with Crippen LogP contribution >= 0.6 is 11.8 Å². The molecule has 3 aromatic rings. The number of phenolic OH excluding ortho intramolecular Hbond substituents is 1. The van der Waals surface area contributed by atoms with Crippen LogP contribution in [0.25, 0.3) is 5.69 Å². The van der Waals surface area contributed by atoms with Gasteiger partial charge in [-0.1, -0.05) is 30.0 Å². The fraction of sp³-hybridized carbons (Fsp3) is 0.263. The quantitative estimate of drug-likeness (QED) is 0.615. The molecule has 1 amide bonds. The van der Waals surface area contributed by atoms with Crippen molar-refractivity contribution in [2.45, 2.75) is 30.6 Å². The summed E-state index contributed by atoms with van der Waals surface area (Å²) < 4.78 is 15.5. The van der Waals surface area contributed by atoms with Crippen LogP contribution in [0.2, 0.25) is 0 Å². The molecule has 4 rings (SSSR count). The van der Waals surface area contributed by atoms with Gasteiger partial charge in [-0.05, 0) is 53.6 Å². The summed E-state index contributed by atoms with van der Waals surface area (Å²) in [6.45, 7) is 0.264. The molecule has 1 aliphatic rings. The largest absolute Gasteiger partial charge is 0.508 e. The second kappa shape index (κ2) is 7.97. The molecule has 28 heavy (non-hydrogen) atoms. The van der Waals surface area contributed by atoms with Gasteiger partial charge in [0.25, 0.3) is 0 Å². The third-order valence-electron chi connectivity index (χ3n) is 4.47. The Morgan fingerprint density at radius 2 is 1.96 bits per heavy atom. The molecule has 9 heteroatoms. The number of nitrogens with zero attached hydrogens (tertiary/aromatic N) is 5. The van der Waals surface area contributed by atoms with Crippen molar-refractivity contribution in [1.82, 2.24) is 25.1 Å². The number of halogens is 1. The van der Waals surface area contributed by atoms with Crippen molar-refractivity contribution in [3.63, 3.8) is 0 Å². The molecule has 2 aromatic carbocycles. The molecule has 0 spiro atoms. The molecular formula is C19H18FN5O2S. The number of rotatable bonds is 7. The van der Waals surface area contributed by atoms with E-state index in [2.05, 4.69) is 15.5 Å². The highest BCUT2D eigenvalue weighted by molar-refractivity contribution is 7.99. The molecule has 0 unspecified atom stereocenters. The first-order chi connectivity index (χ1) is 13.6. The van der Waals surface area contributed by atoms with E-state index in [1.807, 2.05) is 0 Å². The van der Waals surface area contributed by atoms with Crippen molar-refractivity contribution in [3.05, 3.63) is 59.9 Å². The van der Waals surface area contributed by atoms with Gasteiger partial charge in [0.1, 0.15) is 11.6 Å². The third kappa shape index (κ3) is 4.14. The lowest BCUT2D eigenvalue weighted by Gasteiger charge is -2.22. The van der Waals surface area contributed by atoms with Crippen molar-refractivity contribution in [3.8, 4) is 11.4 Å². The molecule has 1 aliphatic carbocycles. The number of carbonyl (C=O) groups excluding carboxylic acids is 1. The van der Waals surface area contributed by atoms with Gasteiger partial charge in [0.15, 0.2) is 0 Å². The average molecular weight is 399 g/mol. The SMILES string of the molecule is O=C(CSc1nnnn1-c1ccc(O)cc1)N(Cc1ccccc1F)C1CC1. The second-order valence-electron chi connectivity index (χ2n) is 6.52. The van der Waals surface area contributed by atoms with Crippen molar-refractivity contribution in [2.24, 2.45) is 0 Å². The van der Waals surface area contributed by atoms with Crippen LogP contribution in [-0.2, 0) is 11.3 Å². The summed E-state index contributed by atoms with van der Waals surface area (Å²) in [5, 5.41) is 21.5. The van der Waals surface area contributed by atoms with Crippen molar-refractivity contribution in [1.29, 1.82) is 0 Å². The van der Waals surface area contributed by atoms with E-state index in [9.17, 15) is 14.3 Å². The molecule has 0 saturated heterocycles. The lowest BCUT2D eigenvalue weighted by atomic mass is 10.2. The number of aromatic nitrogens is 4. The third-order valence-corrected chi connectivity index (χ3v) is 5.37. The number of thioether (sulfide) groups is 1. The minimum Gasteiger partial charge on any atom is -0.508 e. The number of hydrogen-bond acceptors (Lipinski definition) is 6. The standard InChI is InChI=1S/C19H18FN5O2S/c20-17-4-2-1-3-13(17)11-24(14-5-6-14)18(27)12-28-19-21-22-23-25(19)15-7-9-16(26)10-8-15/h1-4,7-10,14,26H,5-6,11-12H2. The number of hydrogen-bond donors (Lipinski definition) is 1.